The molecule has 0 bridgehead atoms. The SMILES string of the molecule is CC1CCC(Nc2cc(C#N)cc(Cl)n2)CC1C. The summed E-state index contributed by atoms with van der Waals surface area (Å²) in [5, 5.41) is 12.7. The first-order valence-electron chi connectivity index (χ1n) is 6.42. The molecule has 1 aromatic heterocycles. The van der Waals surface area contributed by atoms with Gasteiger partial charge in [0.15, 0.2) is 0 Å². The fourth-order valence-corrected chi connectivity index (χ4v) is 2.73. The number of halogens is 1. The molecule has 1 aromatic rings. The summed E-state index contributed by atoms with van der Waals surface area (Å²) in [5.74, 6) is 2.24. The first-order chi connectivity index (χ1) is 8.58. The van der Waals surface area contributed by atoms with Crippen LogP contribution in [0.3, 0.4) is 0 Å². The number of nitrogens with one attached hydrogen (secondary N) is 1. The Morgan fingerprint density at radius 1 is 1.33 bits per heavy atom. The van der Waals surface area contributed by atoms with Crippen LogP contribution in [0.5, 0.6) is 0 Å². The molecule has 1 fully saturated rings. The minimum absolute atomic E-state index is 0.369. The minimum atomic E-state index is 0.369. The Bertz CT molecular complexity index is 467. The number of aromatic nitrogens is 1. The molecule has 18 heavy (non-hydrogen) atoms. The average molecular weight is 264 g/mol. The lowest BCUT2D eigenvalue weighted by Crippen LogP contribution is -2.30. The van der Waals surface area contributed by atoms with Crippen LogP contribution in [0.25, 0.3) is 0 Å². The van der Waals surface area contributed by atoms with Gasteiger partial charge in [-0.2, -0.15) is 5.26 Å². The van der Waals surface area contributed by atoms with E-state index in [1.54, 1.807) is 12.1 Å². The molecule has 0 saturated heterocycles. The van der Waals surface area contributed by atoms with E-state index in [1.165, 1.54) is 6.42 Å². The average Bonchev–Trinajstić information content (AvgIpc) is 2.33. The van der Waals surface area contributed by atoms with Gasteiger partial charge in [-0.3, -0.25) is 0 Å². The van der Waals surface area contributed by atoms with E-state index in [9.17, 15) is 0 Å². The van der Waals surface area contributed by atoms with Gasteiger partial charge >= 0.3 is 0 Å². The summed E-state index contributed by atoms with van der Waals surface area (Å²) >= 11 is 5.90. The third kappa shape index (κ3) is 3.14. The highest BCUT2D eigenvalue weighted by Crippen LogP contribution is 2.31. The van der Waals surface area contributed by atoms with E-state index in [0.29, 0.717) is 22.6 Å². The summed E-state index contributed by atoms with van der Waals surface area (Å²) in [7, 11) is 0. The molecule has 3 atom stereocenters. The summed E-state index contributed by atoms with van der Waals surface area (Å²) in [4.78, 5) is 4.22. The molecule has 0 amide bonds. The van der Waals surface area contributed by atoms with E-state index in [4.69, 9.17) is 16.9 Å². The number of hydrogen-bond donors (Lipinski definition) is 1. The van der Waals surface area contributed by atoms with Crippen LogP contribution in [0.4, 0.5) is 5.82 Å². The number of rotatable bonds is 2. The highest BCUT2D eigenvalue weighted by molar-refractivity contribution is 6.29. The smallest absolute Gasteiger partial charge is 0.132 e. The maximum absolute atomic E-state index is 8.90. The summed E-state index contributed by atoms with van der Waals surface area (Å²) in [6.07, 6.45) is 3.54. The van der Waals surface area contributed by atoms with Gasteiger partial charge in [0.25, 0.3) is 0 Å². The molecule has 1 heterocycles. The Morgan fingerprint density at radius 2 is 2.11 bits per heavy atom. The van der Waals surface area contributed by atoms with Gasteiger partial charge in [-0.25, -0.2) is 4.98 Å². The molecule has 1 N–H and O–H groups in total. The van der Waals surface area contributed by atoms with Crippen molar-refractivity contribution in [3.05, 3.63) is 22.8 Å². The zero-order chi connectivity index (χ0) is 13.1. The Hall–Kier alpha value is -1.27. The number of hydrogen-bond acceptors (Lipinski definition) is 3. The molecule has 0 aromatic carbocycles. The number of nitrogens with zero attached hydrogens (tertiary/aromatic N) is 2. The van der Waals surface area contributed by atoms with Gasteiger partial charge in [0.2, 0.25) is 0 Å². The number of pyridine rings is 1. The number of nitriles is 1. The quantitative estimate of drug-likeness (QED) is 0.825. The predicted octanol–water partition coefficient (Wildman–Crippen LogP) is 3.84. The lowest BCUT2D eigenvalue weighted by Gasteiger charge is -2.32. The molecule has 0 radical (unpaired) electrons. The second-order valence-electron chi connectivity index (χ2n) is 5.28. The van der Waals surface area contributed by atoms with Crippen molar-refractivity contribution in [2.24, 2.45) is 11.8 Å². The van der Waals surface area contributed by atoms with E-state index in [2.05, 4.69) is 30.2 Å². The molecule has 96 valence electrons. The summed E-state index contributed by atoms with van der Waals surface area (Å²) in [5.41, 5.74) is 0.551. The maximum Gasteiger partial charge on any atom is 0.132 e. The zero-order valence-corrected chi connectivity index (χ0v) is 11.5. The van der Waals surface area contributed by atoms with Crippen LogP contribution in [0.1, 0.15) is 38.7 Å². The molecule has 4 heteroatoms. The Kier molecular flexibility index (Phi) is 4.08. The van der Waals surface area contributed by atoms with E-state index in [1.807, 2.05) is 0 Å². The summed E-state index contributed by atoms with van der Waals surface area (Å²) < 4.78 is 0. The third-order valence-electron chi connectivity index (χ3n) is 3.87. The first kappa shape index (κ1) is 13.2. The van der Waals surface area contributed by atoms with Gasteiger partial charge in [0.05, 0.1) is 11.6 Å². The van der Waals surface area contributed by atoms with Gasteiger partial charge < -0.3 is 5.32 Å². The molecule has 1 aliphatic rings. The largest absolute Gasteiger partial charge is 0.367 e. The normalized spacial score (nSPS) is 27.6. The predicted molar refractivity (Wildman–Crippen MR) is 73.6 cm³/mol. The van der Waals surface area contributed by atoms with Crippen LogP contribution in [0.15, 0.2) is 12.1 Å². The fraction of sp³-hybridized carbons (Fsp3) is 0.571. The van der Waals surface area contributed by atoms with Crippen molar-refractivity contribution < 1.29 is 0 Å². The van der Waals surface area contributed by atoms with Crippen LogP contribution >= 0.6 is 11.6 Å². The van der Waals surface area contributed by atoms with Crippen LogP contribution in [-0.4, -0.2) is 11.0 Å². The van der Waals surface area contributed by atoms with Crippen molar-refractivity contribution in [3.63, 3.8) is 0 Å². The van der Waals surface area contributed by atoms with Crippen LogP contribution in [0.2, 0.25) is 5.15 Å². The van der Waals surface area contributed by atoms with Crippen LogP contribution in [-0.2, 0) is 0 Å². The summed E-state index contributed by atoms with van der Waals surface area (Å²) in [6.45, 7) is 4.61. The van der Waals surface area contributed by atoms with Crippen molar-refractivity contribution in [3.8, 4) is 6.07 Å². The van der Waals surface area contributed by atoms with Crippen LogP contribution in [0, 0.1) is 23.2 Å². The fourth-order valence-electron chi connectivity index (χ4n) is 2.52. The summed E-state index contributed by atoms with van der Waals surface area (Å²) in [6, 6.07) is 5.88. The Balaban J connectivity index is 2.06. The highest BCUT2D eigenvalue weighted by Gasteiger charge is 2.24. The van der Waals surface area contributed by atoms with E-state index in [-0.39, 0.29) is 0 Å². The molecular formula is C14H18ClN3. The Morgan fingerprint density at radius 3 is 2.78 bits per heavy atom. The monoisotopic (exact) mass is 263 g/mol. The molecule has 1 saturated carbocycles. The van der Waals surface area contributed by atoms with E-state index < -0.39 is 0 Å². The molecule has 1 aliphatic carbocycles. The molecule has 3 unspecified atom stereocenters. The lowest BCUT2D eigenvalue weighted by atomic mass is 9.79. The van der Waals surface area contributed by atoms with Gasteiger partial charge in [0.1, 0.15) is 11.0 Å². The molecule has 3 nitrogen and oxygen atoms in total. The van der Waals surface area contributed by atoms with E-state index >= 15 is 0 Å². The topological polar surface area (TPSA) is 48.7 Å². The molecule has 2 rings (SSSR count). The number of anilines is 1. The van der Waals surface area contributed by atoms with Crippen LogP contribution < -0.4 is 5.32 Å². The van der Waals surface area contributed by atoms with Gasteiger partial charge in [-0.1, -0.05) is 25.4 Å². The second-order valence-corrected chi connectivity index (χ2v) is 5.67. The zero-order valence-electron chi connectivity index (χ0n) is 10.8. The van der Waals surface area contributed by atoms with Gasteiger partial charge in [-0.15, -0.1) is 0 Å². The first-order valence-corrected chi connectivity index (χ1v) is 6.80. The van der Waals surface area contributed by atoms with Gasteiger partial charge in [-0.05, 0) is 43.2 Å². The molecular weight excluding hydrogens is 246 g/mol. The lowest BCUT2D eigenvalue weighted by molar-refractivity contribution is 0.260. The molecule has 0 spiro atoms. The van der Waals surface area contributed by atoms with Crippen molar-refractivity contribution in [1.29, 1.82) is 5.26 Å². The third-order valence-corrected chi connectivity index (χ3v) is 4.07. The van der Waals surface area contributed by atoms with Gasteiger partial charge in [0, 0.05) is 6.04 Å². The maximum atomic E-state index is 8.90. The highest BCUT2D eigenvalue weighted by atomic mass is 35.5. The molecule has 0 aliphatic heterocycles. The van der Waals surface area contributed by atoms with E-state index in [0.717, 1.165) is 24.7 Å². The van der Waals surface area contributed by atoms with Crippen molar-refractivity contribution in [1.82, 2.24) is 4.98 Å². The minimum Gasteiger partial charge on any atom is -0.367 e. The van der Waals surface area contributed by atoms with Crippen molar-refractivity contribution >= 4 is 17.4 Å². The standard InChI is InChI=1S/C14H18ClN3/c1-9-3-4-12(5-10(9)2)17-14-7-11(8-16)6-13(15)18-14/h6-7,9-10,12H,3-5H2,1-2H3,(H,17,18). The second kappa shape index (κ2) is 5.58. The van der Waals surface area contributed by atoms with Crippen molar-refractivity contribution in [2.45, 2.75) is 39.2 Å². The Labute approximate surface area is 113 Å². The van der Waals surface area contributed by atoms with Crippen molar-refractivity contribution in [2.75, 3.05) is 5.32 Å².